The van der Waals surface area contributed by atoms with E-state index in [1.807, 2.05) is 0 Å². The molecule has 1 saturated heterocycles. The number of pyridine rings is 1. The van der Waals surface area contributed by atoms with Gasteiger partial charge in [0.15, 0.2) is 0 Å². The van der Waals surface area contributed by atoms with Gasteiger partial charge in [-0.1, -0.05) is 18.0 Å². The van der Waals surface area contributed by atoms with Gasteiger partial charge in [0.05, 0.1) is 21.6 Å². The number of anilines is 1. The van der Waals surface area contributed by atoms with Crippen molar-refractivity contribution in [3.05, 3.63) is 38.9 Å². The average molecular weight is 430 g/mol. The topological polar surface area (TPSA) is 83.4 Å². The molecule has 1 aromatic carbocycles. The minimum absolute atomic E-state index is 0. The van der Waals surface area contributed by atoms with Crippen LogP contribution in [-0.4, -0.2) is 34.8 Å². The molecule has 0 spiro atoms. The second kappa shape index (κ2) is 8.27. The summed E-state index contributed by atoms with van der Waals surface area (Å²) in [5.74, 6) is -1.96. The molecule has 2 fully saturated rings. The molecule has 6 nitrogen and oxygen atoms in total. The van der Waals surface area contributed by atoms with Crippen molar-refractivity contribution in [1.29, 1.82) is 0 Å². The molecule has 4 rings (SSSR count). The van der Waals surface area contributed by atoms with E-state index in [0.29, 0.717) is 12.1 Å². The van der Waals surface area contributed by atoms with Gasteiger partial charge in [-0.05, 0) is 38.3 Å². The van der Waals surface area contributed by atoms with Crippen molar-refractivity contribution in [2.75, 3.05) is 18.4 Å². The van der Waals surface area contributed by atoms with Crippen LogP contribution in [0.25, 0.3) is 10.9 Å². The highest BCUT2D eigenvalue weighted by Gasteiger charge is 2.29. The molecule has 1 aliphatic carbocycles. The van der Waals surface area contributed by atoms with Crippen LogP contribution in [0.5, 0.6) is 0 Å². The molecule has 152 valence electrons. The molecular formula is C19H22Cl2FN3O3. The Morgan fingerprint density at radius 2 is 2.07 bits per heavy atom. The van der Waals surface area contributed by atoms with Crippen molar-refractivity contribution >= 4 is 46.6 Å². The van der Waals surface area contributed by atoms with E-state index in [9.17, 15) is 19.1 Å². The second-order valence-corrected chi connectivity index (χ2v) is 7.68. The van der Waals surface area contributed by atoms with Gasteiger partial charge in [-0.15, -0.1) is 12.4 Å². The van der Waals surface area contributed by atoms with E-state index in [1.54, 1.807) is 4.57 Å². The molecule has 1 atom stereocenters. The van der Waals surface area contributed by atoms with Crippen LogP contribution in [0, 0.1) is 5.82 Å². The highest BCUT2D eigenvalue weighted by molar-refractivity contribution is 6.38. The highest BCUT2D eigenvalue weighted by Crippen LogP contribution is 2.41. The zero-order chi connectivity index (χ0) is 19.1. The molecule has 9 heteroatoms. The number of aromatic carboxylic acids is 1. The SMILES string of the molecule is Cl.O=C(O)c1cn(C2CC2)c2c(Cl)c(N[C@@H]3CCCCNC3)c(F)cc2c1=O. The molecule has 0 bridgehead atoms. The van der Waals surface area contributed by atoms with Crippen LogP contribution < -0.4 is 16.1 Å². The Morgan fingerprint density at radius 3 is 2.75 bits per heavy atom. The van der Waals surface area contributed by atoms with Gasteiger partial charge in [-0.25, -0.2) is 9.18 Å². The average Bonchev–Trinajstić information content (AvgIpc) is 3.46. The van der Waals surface area contributed by atoms with Crippen molar-refractivity contribution < 1.29 is 14.3 Å². The van der Waals surface area contributed by atoms with Gasteiger partial charge in [0, 0.05) is 24.8 Å². The predicted molar refractivity (Wildman–Crippen MR) is 110 cm³/mol. The summed E-state index contributed by atoms with van der Waals surface area (Å²) in [5, 5.41) is 16.0. The Labute approximate surface area is 172 Å². The van der Waals surface area contributed by atoms with Crippen molar-refractivity contribution in [2.24, 2.45) is 0 Å². The van der Waals surface area contributed by atoms with Gasteiger partial charge in [0.1, 0.15) is 11.4 Å². The summed E-state index contributed by atoms with van der Waals surface area (Å²) in [6, 6.07) is 1.24. The van der Waals surface area contributed by atoms with Gasteiger partial charge in [0.2, 0.25) is 5.43 Å². The third-order valence-corrected chi connectivity index (χ3v) is 5.64. The van der Waals surface area contributed by atoms with Gasteiger partial charge in [0.25, 0.3) is 0 Å². The molecule has 1 saturated carbocycles. The molecule has 2 aromatic rings. The van der Waals surface area contributed by atoms with Crippen molar-refractivity contribution in [3.63, 3.8) is 0 Å². The van der Waals surface area contributed by atoms with E-state index in [0.717, 1.165) is 44.7 Å². The van der Waals surface area contributed by atoms with E-state index in [1.165, 1.54) is 6.20 Å². The molecular weight excluding hydrogens is 408 g/mol. The van der Waals surface area contributed by atoms with E-state index >= 15 is 0 Å². The van der Waals surface area contributed by atoms with Gasteiger partial charge in [-0.2, -0.15) is 0 Å². The maximum Gasteiger partial charge on any atom is 0.341 e. The number of rotatable bonds is 4. The summed E-state index contributed by atoms with van der Waals surface area (Å²) < 4.78 is 16.6. The number of halogens is 3. The minimum Gasteiger partial charge on any atom is -0.477 e. The molecule has 28 heavy (non-hydrogen) atoms. The Balaban J connectivity index is 0.00000225. The van der Waals surface area contributed by atoms with Gasteiger partial charge >= 0.3 is 5.97 Å². The summed E-state index contributed by atoms with van der Waals surface area (Å²) in [6.07, 6.45) is 6.09. The number of hydrogen-bond donors (Lipinski definition) is 3. The van der Waals surface area contributed by atoms with Crippen molar-refractivity contribution in [1.82, 2.24) is 9.88 Å². The Morgan fingerprint density at radius 1 is 1.32 bits per heavy atom. The number of carbonyl (C=O) groups is 1. The molecule has 2 aliphatic rings. The number of carboxylic acids is 1. The van der Waals surface area contributed by atoms with Crippen LogP contribution >= 0.6 is 24.0 Å². The maximum absolute atomic E-state index is 14.8. The fourth-order valence-corrected chi connectivity index (χ4v) is 4.06. The summed E-state index contributed by atoms with van der Waals surface area (Å²) >= 11 is 6.56. The molecule has 3 N–H and O–H groups in total. The lowest BCUT2D eigenvalue weighted by Gasteiger charge is -2.21. The van der Waals surface area contributed by atoms with Crippen molar-refractivity contribution in [3.8, 4) is 0 Å². The first kappa shape index (κ1) is 20.9. The monoisotopic (exact) mass is 429 g/mol. The van der Waals surface area contributed by atoms with E-state index in [4.69, 9.17) is 11.6 Å². The summed E-state index contributed by atoms with van der Waals surface area (Å²) in [4.78, 5) is 24.0. The lowest BCUT2D eigenvalue weighted by Crippen LogP contribution is -2.31. The normalized spacial score (nSPS) is 19.7. The standard InChI is InChI=1S/C19H21ClFN3O3.ClH/c20-15-16(23-10-3-1-2-6-22-8-10)14(21)7-12-17(15)24(11-4-5-11)9-13(18(12)25)19(26)27;/h7,9-11,22-23H,1-6,8H2,(H,26,27);1H/t10-;/m1./s1. The number of fused-ring (bicyclic) bond motifs is 1. The fraction of sp³-hybridized carbons (Fsp3) is 0.474. The van der Waals surface area contributed by atoms with Crippen LogP contribution in [-0.2, 0) is 0 Å². The van der Waals surface area contributed by atoms with Crippen LogP contribution in [0.15, 0.2) is 17.1 Å². The number of nitrogens with one attached hydrogen (secondary N) is 2. The number of hydrogen-bond acceptors (Lipinski definition) is 4. The quantitative estimate of drug-likeness (QED) is 0.688. The number of aromatic nitrogens is 1. The third-order valence-electron chi connectivity index (χ3n) is 5.27. The molecule has 1 aromatic heterocycles. The van der Waals surface area contributed by atoms with Crippen LogP contribution in [0.1, 0.15) is 48.5 Å². The molecule has 0 radical (unpaired) electrons. The molecule has 0 amide bonds. The first-order valence-corrected chi connectivity index (χ1v) is 9.62. The number of benzene rings is 1. The van der Waals surface area contributed by atoms with Crippen LogP contribution in [0.3, 0.4) is 0 Å². The third kappa shape index (κ3) is 3.83. The predicted octanol–water partition coefficient (Wildman–Crippen LogP) is 3.80. The summed E-state index contributed by atoms with van der Waals surface area (Å²) in [6.45, 7) is 1.65. The smallest absolute Gasteiger partial charge is 0.341 e. The number of nitrogens with zero attached hydrogens (tertiary/aromatic N) is 1. The Hall–Kier alpha value is -1.83. The first-order chi connectivity index (χ1) is 13.0. The van der Waals surface area contributed by atoms with E-state index < -0.39 is 17.2 Å². The van der Waals surface area contributed by atoms with Crippen LogP contribution in [0.4, 0.5) is 10.1 Å². The summed E-state index contributed by atoms with van der Waals surface area (Å²) in [7, 11) is 0. The molecule has 0 unspecified atom stereocenters. The van der Waals surface area contributed by atoms with E-state index in [-0.39, 0.29) is 46.2 Å². The lowest BCUT2D eigenvalue weighted by molar-refractivity contribution is 0.0695. The Bertz CT molecular complexity index is 967. The van der Waals surface area contributed by atoms with Gasteiger partial charge < -0.3 is 20.3 Å². The van der Waals surface area contributed by atoms with Crippen molar-refractivity contribution in [2.45, 2.75) is 44.2 Å². The van der Waals surface area contributed by atoms with Crippen LogP contribution in [0.2, 0.25) is 5.02 Å². The van der Waals surface area contributed by atoms with Gasteiger partial charge in [-0.3, -0.25) is 4.79 Å². The lowest BCUT2D eigenvalue weighted by atomic mass is 10.1. The summed E-state index contributed by atoms with van der Waals surface area (Å²) in [5.41, 5.74) is -0.495. The molecule has 1 aliphatic heterocycles. The maximum atomic E-state index is 14.8. The largest absolute Gasteiger partial charge is 0.477 e. The zero-order valence-corrected chi connectivity index (χ0v) is 16.7. The Kier molecular flexibility index (Phi) is 6.17. The molecule has 2 heterocycles. The zero-order valence-electron chi connectivity index (χ0n) is 15.1. The fourth-order valence-electron chi connectivity index (χ4n) is 3.71. The minimum atomic E-state index is -1.32. The number of carboxylic acid groups (broad SMARTS) is 1. The first-order valence-electron chi connectivity index (χ1n) is 9.24. The highest BCUT2D eigenvalue weighted by atomic mass is 35.5. The second-order valence-electron chi connectivity index (χ2n) is 7.30. The van der Waals surface area contributed by atoms with E-state index in [2.05, 4.69) is 10.6 Å².